The largest absolute Gasteiger partial charge is 0.493 e. The second-order valence-corrected chi connectivity index (χ2v) is 2.26. The Morgan fingerprint density at radius 3 is 2.00 bits per heavy atom. The molecule has 58 valence electrons. The summed E-state index contributed by atoms with van der Waals surface area (Å²) in [4.78, 5) is 0. The van der Waals surface area contributed by atoms with Crippen LogP contribution in [0.3, 0.4) is 0 Å². The van der Waals surface area contributed by atoms with Crippen molar-refractivity contribution in [2.45, 2.75) is 0 Å². The van der Waals surface area contributed by atoms with Crippen LogP contribution in [-0.2, 0) is 0 Å². The Hall–Kier alpha value is -1.38. The minimum absolute atomic E-state index is 0.685. The first-order valence-corrected chi connectivity index (χ1v) is 3.29. The van der Waals surface area contributed by atoms with Crippen molar-refractivity contribution in [3.8, 4) is 11.5 Å². The van der Waals surface area contributed by atoms with Gasteiger partial charge in [-0.3, -0.25) is 0 Å². The minimum Gasteiger partial charge on any atom is -0.493 e. The summed E-state index contributed by atoms with van der Waals surface area (Å²) < 4.78 is 15.3. The lowest BCUT2D eigenvalue weighted by atomic mass is 10.3. The van der Waals surface area contributed by atoms with Crippen LogP contribution in [0, 0.1) is 0 Å². The van der Waals surface area contributed by atoms with Crippen molar-refractivity contribution in [3.63, 3.8) is 0 Å². The molecule has 2 rings (SSSR count). The van der Waals surface area contributed by atoms with Crippen LogP contribution in [0.15, 0.2) is 16.5 Å². The Kier molecular flexibility index (Phi) is 1.18. The van der Waals surface area contributed by atoms with E-state index in [9.17, 15) is 0 Å². The fourth-order valence-corrected chi connectivity index (χ4v) is 1.13. The van der Waals surface area contributed by atoms with Gasteiger partial charge >= 0.3 is 0 Å². The van der Waals surface area contributed by atoms with Gasteiger partial charge in [-0.25, -0.2) is 0 Å². The van der Waals surface area contributed by atoms with Gasteiger partial charge < -0.3 is 13.9 Å². The van der Waals surface area contributed by atoms with Gasteiger partial charge in [0.05, 0.1) is 14.2 Å². The second-order valence-electron chi connectivity index (χ2n) is 2.26. The number of methoxy groups -OCH3 is 2. The second kappa shape index (κ2) is 2.05. The molecule has 3 heteroatoms. The van der Waals surface area contributed by atoms with Gasteiger partial charge in [0.1, 0.15) is 5.58 Å². The number of ether oxygens (including phenoxy) is 2. The fraction of sp³-hybridized carbons (Fsp3) is 0.250. The van der Waals surface area contributed by atoms with E-state index >= 15 is 0 Å². The Morgan fingerprint density at radius 2 is 1.64 bits per heavy atom. The number of benzene rings is 1. The summed E-state index contributed by atoms with van der Waals surface area (Å²) in [6.07, 6.45) is 0. The third kappa shape index (κ3) is 0.738. The molecule has 0 aliphatic rings. The normalized spacial score (nSPS) is 10.7. The van der Waals surface area contributed by atoms with E-state index in [0.717, 1.165) is 17.1 Å². The van der Waals surface area contributed by atoms with E-state index in [0.29, 0.717) is 5.58 Å². The molecule has 0 saturated carbocycles. The Bertz CT molecular complexity index is 322. The maximum atomic E-state index is 5.28. The van der Waals surface area contributed by atoms with Gasteiger partial charge in [-0.1, -0.05) is 0 Å². The predicted molar refractivity (Wildman–Crippen MR) is 40.5 cm³/mol. The Labute approximate surface area is 63.8 Å². The van der Waals surface area contributed by atoms with Crippen LogP contribution in [0.1, 0.15) is 0 Å². The highest BCUT2D eigenvalue weighted by molar-refractivity contribution is 5.78. The van der Waals surface area contributed by atoms with Gasteiger partial charge in [-0.2, -0.15) is 0 Å². The summed E-state index contributed by atoms with van der Waals surface area (Å²) in [5.74, 6) is 1.47. The van der Waals surface area contributed by atoms with E-state index in [1.807, 2.05) is 12.1 Å². The molecule has 0 amide bonds. The third-order valence-electron chi connectivity index (χ3n) is 1.65. The molecule has 0 saturated heterocycles. The van der Waals surface area contributed by atoms with Gasteiger partial charge in [0.15, 0.2) is 11.5 Å². The fourth-order valence-electron chi connectivity index (χ4n) is 1.13. The zero-order chi connectivity index (χ0) is 7.84. The zero-order valence-electron chi connectivity index (χ0n) is 6.38. The zero-order valence-corrected chi connectivity index (χ0v) is 6.38. The van der Waals surface area contributed by atoms with Crippen LogP contribution >= 0.6 is 0 Å². The van der Waals surface area contributed by atoms with E-state index in [2.05, 4.69) is 0 Å². The topological polar surface area (TPSA) is 31.6 Å². The molecule has 0 spiro atoms. The molecule has 0 radical (unpaired) electrons. The summed E-state index contributed by atoms with van der Waals surface area (Å²) in [6.45, 7) is 0. The Morgan fingerprint density at radius 1 is 1.09 bits per heavy atom. The summed E-state index contributed by atoms with van der Waals surface area (Å²) in [5, 5.41) is 0. The van der Waals surface area contributed by atoms with Crippen molar-refractivity contribution in [1.82, 2.24) is 0 Å². The number of fused-ring (bicyclic) bond motifs is 2. The molecule has 0 atom stereocenters. The lowest BCUT2D eigenvalue weighted by Crippen LogP contribution is -1.84. The Balaban J connectivity index is 2.61. The van der Waals surface area contributed by atoms with E-state index in [1.165, 1.54) is 0 Å². The van der Waals surface area contributed by atoms with Crippen LogP contribution in [-0.4, -0.2) is 14.2 Å². The highest BCUT2D eigenvalue weighted by atomic mass is 16.5. The first-order chi connectivity index (χ1) is 5.35. The molecule has 2 aromatic rings. The van der Waals surface area contributed by atoms with Gasteiger partial charge in [-0.05, 0) is 0 Å². The monoisotopic (exact) mass is 152 g/mol. The van der Waals surface area contributed by atoms with Crippen molar-refractivity contribution in [3.05, 3.63) is 12.1 Å². The first-order valence-electron chi connectivity index (χ1n) is 3.29. The van der Waals surface area contributed by atoms with Crippen molar-refractivity contribution < 1.29 is 13.9 Å². The van der Waals surface area contributed by atoms with Crippen LogP contribution in [0.2, 0.25) is 0 Å². The predicted octanol–water partition coefficient (Wildman–Crippen LogP) is 1.89. The molecule has 0 unspecified atom stereocenters. The van der Waals surface area contributed by atoms with E-state index in [-0.39, 0.29) is 0 Å². The number of hydrogen-bond acceptors (Lipinski definition) is 3. The summed E-state index contributed by atoms with van der Waals surface area (Å²) in [5.41, 5.74) is 1.47. The lowest BCUT2D eigenvalue weighted by Gasteiger charge is -1.97. The van der Waals surface area contributed by atoms with Crippen LogP contribution in [0.5, 0.6) is 11.5 Å². The highest BCUT2D eigenvalue weighted by Crippen LogP contribution is 2.37. The maximum absolute atomic E-state index is 5.28. The molecule has 0 aliphatic heterocycles. The first kappa shape index (κ1) is 6.34. The minimum atomic E-state index is 0.685. The smallest absolute Gasteiger partial charge is 0.211 e. The molecule has 0 aliphatic carbocycles. The highest BCUT2D eigenvalue weighted by Gasteiger charge is 2.14. The van der Waals surface area contributed by atoms with Crippen LogP contribution in [0.25, 0.3) is 11.2 Å². The average molecular weight is 152 g/mol. The molecular formula is C8H8O3. The van der Waals surface area contributed by atoms with Gasteiger partial charge in [0.25, 0.3) is 0 Å². The van der Waals surface area contributed by atoms with E-state index in [1.54, 1.807) is 14.2 Å². The average Bonchev–Trinajstić information content (AvgIpc) is 2.60. The quantitative estimate of drug-likeness (QED) is 0.658. The number of furan rings is 2. The molecule has 0 aromatic carbocycles. The van der Waals surface area contributed by atoms with Gasteiger partial charge in [-0.15, -0.1) is 0 Å². The number of hydrogen-bond donors (Lipinski definition) is 0. The molecule has 0 N–H and O–H groups in total. The molecule has 0 fully saturated rings. The van der Waals surface area contributed by atoms with Crippen molar-refractivity contribution in [2.24, 2.45) is 0 Å². The van der Waals surface area contributed by atoms with Crippen molar-refractivity contribution in [1.29, 1.82) is 0 Å². The maximum Gasteiger partial charge on any atom is 0.211 e. The van der Waals surface area contributed by atoms with Crippen molar-refractivity contribution in [2.75, 3.05) is 14.2 Å². The van der Waals surface area contributed by atoms with Gasteiger partial charge in [0.2, 0.25) is 5.58 Å². The van der Waals surface area contributed by atoms with E-state index in [4.69, 9.17) is 13.9 Å². The van der Waals surface area contributed by atoms with Crippen LogP contribution < -0.4 is 9.47 Å². The third-order valence-corrected chi connectivity index (χ3v) is 1.65. The molecule has 2 bridgehead atoms. The molecular weight excluding hydrogens is 144 g/mol. The summed E-state index contributed by atoms with van der Waals surface area (Å²) in [7, 11) is 3.22. The molecule has 11 heavy (non-hydrogen) atoms. The van der Waals surface area contributed by atoms with Crippen molar-refractivity contribution >= 4 is 11.2 Å². The molecule has 2 heterocycles. The standard InChI is InChI=1S/C8H8O3/c1-9-6-3-5-4-7(10-2)8(6)11-5/h3-4H,1-2H3. The summed E-state index contributed by atoms with van der Waals surface area (Å²) >= 11 is 0. The van der Waals surface area contributed by atoms with Crippen LogP contribution in [0.4, 0.5) is 0 Å². The molecule has 3 nitrogen and oxygen atoms in total. The van der Waals surface area contributed by atoms with Gasteiger partial charge in [0, 0.05) is 12.1 Å². The summed E-state index contributed by atoms with van der Waals surface area (Å²) in [6, 6.07) is 3.66. The lowest BCUT2D eigenvalue weighted by molar-refractivity contribution is 0.398. The number of rotatable bonds is 2. The van der Waals surface area contributed by atoms with E-state index < -0.39 is 0 Å². The molecule has 2 aromatic heterocycles. The SMILES string of the molecule is COc1cc2cc(OC)c1o2.